The summed E-state index contributed by atoms with van der Waals surface area (Å²) in [5.74, 6) is 1.35. The second-order valence-electron chi connectivity index (χ2n) is 4.78. The predicted octanol–water partition coefficient (Wildman–Crippen LogP) is 1.00. The number of carbonyl (C=O) groups excluding carboxylic acids is 1. The molecule has 1 unspecified atom stereocenters. The van der Waals surface area contributed by atoms with Crippen LogP contribution in [0, 0.1) is 17.8 Å². The van der Waals surface area contributed by atoms with E-state index in [-0.39, 0.29) is 17.9 Å². The molecular formula is C11H22N2O. The monoisotopic (exact) mass is 198 g/mol. The zero-order valence-corrected chi connectivity index (χ0v) is 9.63. The maximum absolute atomic E-state index is 11.8. The van der Waals surface area contributed by atoms with E-state index in [4.69, 9.17) is 0 Å². The molecule has 82 valence electrons. The van der Waals surface area contributed by atoms with Gasteiger partial charge in [-0.2, -0.15) is 0 Å². The van der Waals surface area contributed by atoms with Gasteiger partial charge in [-0.1, -0.05) is 20.8 Å². The van der Waals surface area contributed by atoms with E-state index < -0.39 is 0 Å². The van der Waals surface area contributed by atoms with Gasteiger partial charge in [-0.25, -0.2) is 0 Å². The molecule has 1 aliphatic rings. The van der Waals surface area contributed by atoms with Crippen molar-refractivity contribution < 1.29 is 4.79 Å². The fourth-order valence-corrected chi connectivity index (χ4v) is 1.66. The van der Waals surface area contributed by atoms with Gasteiger partial charge in [0.25, 0.3) is 0 Å². The molecule has 14 heavy (non-hydrogen) atoms. The van der Waals surface area contributed by atoms with Crippen LogP contribution >= 0.6 is 0 Å². The Bertz CT molecular complexity index is 203. The van der Waals surface area contributed by atoms with Crippen LogP contribution in [0.2, 0.25) is 0 Å². The molecule has 1 heterocycles. The Balaban J connectivity index is 2.41. The average molecular weight is 198 g/mol. The quantitative estimate of drug-likeness (QED) is 0.710. The lowest BCUT2D eigenvalue weighted by molar-refractivity contribution is -0.126. The van der Waals surface area contributed by atoms with Crippen molar-refractivity contribution in [2.24, 2.45) is 17.8 Å². The summed E-state index contributed by atoms with van der Waals surface area (Å²) < 4.78 is 0. The second kappa shape index (κ2) is 4.78. The SMILES string of the molecule is CC(C)C(C)NC(=O)[C@@H]1CNC[C@H]1C. The van der Waals surface area contributed by atoms with Gasteiger partial charge in [0.1, 0.15) is 0 Å². The number of amides is 1. The third-order valence-corrected chi connectivity index (χ3v) is 3.22. The molecule has 0 radical (unpaired) electrons. The van der Waals surface area contributed by atoms with E-state index in [1.54, 1.807) is 0 Å². The molecule has 1 aliphatic heterocycles. The summed E-state index contributed by atoms with van der Waals surface area (Å²) in [6.07, 6.45) is 0. The largest absolute Gasteiger partial charge is 0.353 e. The summed E-state index contributed by atoms with van der Waals surface area (Å²) in [5.41, 5.74) is 0. The lowest BCUT2D eigenvalue weighted by Crippen LogP contribution is -2.41. The van der Waals surface area contributed by atoms with Crippen molar-refractivity contribution in [2.45, 2.75) is 33.7 Å². The maximum atomic E-state index is 11.8. The van der Waals surface area contributed by atoms with Crippen molar-refractivity contribution in [1.29, 1.82) is 0 Å². The highest BCUT2D eigenvalue weighted by molar-refractivity contribution is 5.79. The van der Waals surface area contributed by atoms with Gasteiger partial charge in [0, 0.05) is 12.6 Å². The normalized spacial score (nSPS) is 29.2. The summed E-state index contributed by atoms with van der Waals surface area (Å²) in [5, 5.41) is 6.32. The highest BCUT2D eigenvalue weighted by Crippen LogP contribution is 2.16. The van der Waals surface area contributed by atoms with Gasteiger partial charge in [-0.15, -0.1) is 0 Å². The molecule has 0 aromatic carbocycles. The van der Waals surface area contributed by atoms with Gasteiger partial charge in [-0.3, -0.25) is 4.79 Å². The molecule has 3 nitrogen and oxygen atoms in total. The van der Waals surface area contributed by atoms with Crippen molar-refractivity contribution in [3.8, 4) is 0 Å². The first-order valence-corrected chi connectivity index (χ1v) is 5.53. The van der Waals surface area contributed by atoms with E-state index >= 15 is 0 Å². The van der Waals surface area contributed by atoms with Crippen molar-refractivity contribution >= 4 is 5.91 Å². The number of hydrogen-bond acceptors (Lipinski definition) is 2. The van der Waals surface area contributed by atoms with Crippen LogP contribution in [0.25, 0.3) is 0 Å². The van der Waals surface area contributed by atoms with Crippen LogP contribution in [-0.2, 0) is 4.79 Å². The summed E-state index contributed by atoms with van der Waals surface area (Å²) in [4.78, 5) is 11.8. The molecule has 0 saturated carbocycles. The van der Waals surface area contributed by atoms with Gasteiger partial charge >= 0.3 is 0 Å². The van der Waals surface area contributed by atoms with Crippen LogP contribution in [0.1, 0.15) is 27.7 Å². The lowest BCUT2D eigenvalue weighted by atomic mass is 9.96. The number of hydrogen-bond donors (Lipinski definition) is 2. The minimum Gasteiger partial charge on any atom is -0.353 e. The smallest absolute Gasteiger partial charge is 0.224 e. The van der Waals surface area contributed by atoms with E-state index in [2.05, 4.69) is 38.3 Å². The molecule has 0 aromatic rings. The molecule has 1 fully saturated rings. The summed E-state index contributed by atoms with van der Waals surface area (Å²) in [6, 6.07) is 0.273. The van der Waals surface area contributed by atoms with Crippen molar-refractivity contribution in [2.75, 3.05) is 13.1 Å². The van der Waals surface area contributed by atoms with Gasteiger partial charge in [0.15, 0.2) is 0 Å². The average Bonchev–Trinajstić information content (AvgIpc) is 2.51. The van der Waals surface area contributed by atoms with Gasteiger partial charge < -0.3 is 10.6 Å². The molecular weight excluding hydrogens is 176 g/mol. The minimum absolute atomic E-state index is 0.163. The lowest BCUT2D eigenvalue weighted by Gasteiger charge is -2.21. The van der Waals surface area contributed by atoms with Crippen LogP contribution in [0.3, 0.4) is 0 Å². The predicted molar refractivity (Wildman–Crippen MR) is 58.0 cm³/mol. The van der Waals surface area contributed by atoms with E-state index in [1.807, 2.05) is 0 Å². The molecule has 0 bridgehead atoms. The molecule has 0 aromatic heterocycles. The summed E-state index contributed by atoms with van der Waals surface area (Å²) in [7, 11) is 0. The van der Waals surface area contributed by atoms with Gasteiger partial charge in [0.05, 0.1) is 5.92 Å². The minimum atomic E-state index is 0.163. The van der Waals surface area contributed by atoms with Gasteiger partial charge in [-0.05, 0) is 25.3 Å². The third-order valence-electron chi connectivity index (χ3n) is 3.22. The molecule has 3 heteroatoms. The number of carbonyl (C=O) groups is 1. The first kappa shape index (κ1) is 11.5. The first-order chi connectivity index (χ1) is 6.52. The van der Waals surface area contributed by atoms with Gasteiger partial charge in [0.2, 0.25) is 5.91 Å². The molecule has 0 spiro atoms. The molecule has 2 N–H and O–H groups in total. The number of nitrogens with one attached hydrogen (secondary N) is 2. The topological polar surface area (TPSA) is 41.1 Å². The van der Waals surface area contributed by atoms with Crippen molar-refractivity contribution in [1.82, 2.24) is 10.6 Å². The maximum Gasteiger partial charge on any atom is 0.224 e. The summed E-state index contributed by atoms with van der Waals surface area (Å²) >= 11 is 0. The highest BCUT2D eigenvalue weighted by Gasteiger charge is 2.30. The Kier molecular flexibility index (Phi) is 3.93. The highest BCUT2D eigenvalue weighted by atomic mass is 16.2. The molecule has 1 saturated heterocycles. The van der Waals surface area contributed by atoms with Crippen LogP contribution in [-0.4, -0.2) is 25.0 Å². The Hall–Kier alpha value is -0.570. The Morgan fingerprint density at radius 3 is 2.43 bits per heavy atom. The third kappa shape index (κ3) is 2.71. The fraction of sp³-hybridized carbons (Fsp3) is 0.909. The zero-order chi connectivity index (χ0) is 10.7. The van der Waals surface area contributed by atoms with Crippen molar-refractivity contribution in [3.05, 3.63) is 0 Å². The standard InChI is InChI=1S/C11H22N2O/c1-7(2)9(4)13-11(14)10-6-12-5-8(10)3/h7-10,12H,5-6H2,1-4H3,(H,13,14)/t8-,9?,10-/m1/s1. The summed E-state index contributed by atoms with van der Waals surface area (Å²) in [6.45, 7) is 10.2. The zero-order valence-electron chi connectivity index (χ0n) is 9.63. The van der Waals surface area contributed by atoms with E-state index in [1.165, 1.54) is 0 Å². The van der Waals surface area contributed by atoms with Crippen LogP contribution in [0.4, 0.5) is 0 Å². The fourth-order valence-electron chi connectivity index (χ4n) is 1.66. The van der Waals surface area contributed by atoms with E-state index in [0.29, 0.717) is 11.8 Å². The Labute approximate surface area is 86.6 Å². The van der Waals surface area contributed by atoms with Crippen LogP contribution in [0.5, 0.6) is 0 Å². The van der Waals surface area contributed by atoms with E-state index in [0.717, 1.165) is 13.1 Å². The Morgan fingerprint density at radius 2 is 2.00 bits per heavy atom. The first-order valence-electron chi connectivity index (χ1n) is 5.53. The molecule has 1 rings (SSSR count). The number of rotatable bonds is 3. The molecule has 1 amide bonds. The molecule has 3 atom stereocenters. The van der Waals surface area contributed by atoms with E-state index in [9.17, 15) is 4.79 Å². The van der Waals surface area contributed by atoms with Crippen molar-refractivity contribution in [3.63, 3.8) is 0 Å². The van der Waals surface area contributed by atoms with Crippen LogP contribution in [0.15, 0.2) is 0 Å². The Morgan fingerprint density at radius 1 is 1.36 bits per heavy atom. The van der Waals surface area contributed by atoms with Crippen LogP contribution < -0.4 is 10.6 Å². The second-order valence-corrected chi connectivity index (χ2v) is 4.78. The molecule has 0 aliphatic carbocycles.